The molecular formula is C23H28BrN3O5. The molecule has 32 heavy (non-hydrogen) atoms. The van der Waals surface area contributed by atoms with E-state index in [9.17, 15) is 9.59 Å². The van der Waals surface area contributed by atoms with Gasteiger partial charge in [-0.15, -0.1) is 0 Å². The van der Waals surface area contributed by atoms with E-state index in [1.54, 1.807) is 30.3 Å². The predicted octanol–water partition coefficient (Wildman–Crippen LogP) is 4.36. The SMILES string of the molecule is COC(=O)c1cc(Br)c(OC)c(-c2ccnc(N3CCN(C(=O)OC(C)(C)C)CC3)c2)c1. The molecule has 1 aromatic carbocycles. The lowest BCUT2D eigenvalue weighted by molar-refractivity contribution is 0.0240. The zero-order chi connectivity index (χ0) is 23.5. The molecule has 172 valence electrons. The number of nitrogens with zero attached hydrogens (tertiary/aromatic N) is 3. The number of pyridine rings is 1. The molecule has 2 aromatic rings. The number of ether oxygens (including phenoxy) is 3. The van der Waals surface area contributed by atoms with E-state index >= 15 is 0 Å². The minimum atomic E-state index is -0.518. The predicted molar refractivity (Wildman–Crippen MR) is 125 cm³/mol. The lowest BCUT2D eigenvalue weighted by atomic mass is 10.0. The van der Waals surface area contributed by atoms with Crippen molar-refractivity contribution in [2.45, 2.75) is 26.4 Å². The van der Waals surface area contributed by atoms with Crippen molar-refractivity contribution in [2.24, 2.45) is 0 Å². The van der Waals surface area contributed by atoms with E-state index in [2.05, 4.69) is 25.8 Å². The van der Waals surface area contributed by atoms with Crippen molar-refractivity contribution in [3.05, 3.63) is 40.5 Å². The van der Waals surface area contributed by atoms with Gasteiger partial charge in [0.2, 0.25) is 0 Å². The summed E-state index contributed by atoms with van der Waals surface area (Å²) in [4.78, 5) is 32.8. The number of carbonyl (C=O) groups excluding carboxylic acids is 2. The van der Waals surface area contributed by atoms with Crippen LogP contribution in [0.1, 0.15) is 31.1 Å². The molecule has 1 fully saturated rings. The molecule has 0 saturated carbocycles. The van der Waals surface area contributed by atoms with Crippen molar-refractivity contribution in [3.8, 4) is 16.9 Å². The Bertz CT molecular complexity index is 998. The van der Waals surface area contributed by atoms with Gasteiger partial charge in [-0.1, -0.05) is 0 Å². The molecule has 1 amide bonds. The highest BCUT2D eigenvalue weighted by Crippen LogP contribution is 2.38. The highest BCUT2D eigenvalue weighted by molar-refractivity contribution is 9.10. The van der Waals surface area contributed by atoms with E-state index < -0.39 is 11.6 Å². The third kappa shape index (κ3) is 5.51. The number of hydrogen-bond donors (Lipinski definition) is 0. The zero-order valence-corrected chi connectivity index (χ0v) is 20.6. The monoisotopic (exact) mass is 505 g/mol. The van der Waals surface area contributed by atoms with Crippen LogP contribution >= 0.6 is 15.9 Å². The largest absolute Gasteiger partial charge is 0.495 e. The number of rotatable bonds is 4. The summed E-state index contributed by atoms with van der Waals surface area (Å²) in [5, 5.41) is 0. The number of benzene rings is 1. The molecule has 3 rings (SSSR count). The van der Waals surface area contributed by atoms with Crippen LogP contribution in [0.5, 0.6) is 5.75 Å². The quantitative estimate of drug-likeness (QED) is 0.570. The van der Waals surface area contributed by atoms with Crippen LogP contribution in [0.25, 0.3) is 11.1 Å². The Hall–Kier alpha value is -2.81. The van der Waals surface area contributed by atoms with E-state index in [0.29, 0.717) is 42.0 Å². The molecule has 8 nitrogen and oxygen atoms in total. The summed E-state index contributed by atoms with van der Waals surface area (Å²) >= 11 is 3.48. The summed E-state index contributed by atoms with van der Waals surface area (Å²) in [6, 6.07) is 7.24. The maximum atomic E-state index is 12.3. The third-order valence-electron chi connectivity index (χ3n) is 4.98. The molecule has 0 aliphatic carbocycles. The molecule has 0 spiro atoms. The number of halogens is 1. The van der Waals surface area contributed by atoms with Crippen molar-refractivity contribution in [2.75, 3.05) is 45.3 Å². The number of esters is 1. The molecule has 1 aliphatic heterocycles. The average molecular weight is 506 g/mol. The first-order valence-electron chi connectivity index (χ1n) is 10.3. The Morgan fingerprint density at radius 2 is 1.75 bits per heavy atom. The Kier molecular flexibility index (Phi) is 7.28. The summed E-state index contributed by atoms with van der Waals surface area (Å²) in [6.45, 7) is 7.95. The second kappa shape index (κ2) is 9.77. The van der Waals surface area contributed by atoms with E-state index in [0.717, 1.165) is 16.9 Å². The van der Waals surface area contributed by atoms with E-state index in [1.807, 2.05) is 32.9 Å². The fourth-order valence-corrected chi connectivity index (χ4v) is 4.08. The molecule has 0 bridgehead atoms. The third-order valence-corrected chi connectivity index (χ3v) is 5.57. The summed E-state index contributed by atoms with van der Waals surface area (Å²) in [5.41, 5.74) is 1.50. The van der Waals surface area contributed by atoms with Crippen LogP contribution in [0.3, 0.4) is 0 Å². The summed E-state index contributed by atoms with van der Waals surface area (Å²) in [5.74, 6) is 0.972. The molecule has 1 aromatic heterocycles. The van der Waals surface area contributed by atoms with Gasteiger partial charge in [-0.25, -0.2) is 14.6 Å². The first kappa shape index (κ1) is 23.8. The Morgan fingerprint density at radius 3 is 2.34 bits per heavy atom. The molecule has 9 heteroatoms. The van der Waals surface area contributed by atoms with Crippen LogP contribution in [0.2, 0.25) is 0 Å². The van der Waals surface area contributed by atoms with Crippen LogP contribution < -0.4 is 9.64 Å². The summed E-state index contributed by atoms with van der Waals surface area (Å²) in [6.07, 6.45) is 1.43. The lowest BCUT2D eigenvalue weighted by Gasteiger charge is -2.36. The van der Waals surface area contributed by atoms with Gasteiger partial charge in [0.05, 0.1) is 24.3 Å². The zero-order valence-electron chi connectivity index (χ0n) is 19.0. The van der Waals surface area contributed by atoms with Gasteiger partial charge in [-0.3, -0.25) is 0 Å². The maximum Gasteiger partial charge on any atom is 0.410 e. The standard InChI is InChI=1S/C23H28BrN3O5/c1-23(2,3)32-22(29)27-10-8-26(9-11-27)19-14-15(6-7-25-19)17-12-16(21(28)31-5)13-18(24)20(17)30-4/h6-7,12-14H,8-11H2,1-5H3. The maximum absolute atomic E-state index is 12.3. The summed E-state index contributed by atoms with van der Waals surface area (Å²) in [7, 11) is 2.93. The number of methoxy groups -OCH3 is 2. The van der Waals surface area contributed by atoms with Crippen molar-refractivity contribution >= 4 is 33.8 Å². The molecule has 2 heterocycles. The van der Waals surface area contributed by atoms with Gasteiger partial charge in [0.25, 0.3) is 0 Å². The van der Waals surface area contributed by atoms with Gasteiger partial charge in [-0.05, 0) is 66.5 Å². The average Bonchev–Trinajstić information content (AvgIpc) is 2.77. The van der Waals surface area contributed by atoms with Crippen molar-refractivity contribution in [1.82, 2.24) is 9.88 Å². The number of aromatic nitrogens is 1. The van der Waals surface area contributed by atoms with Crippen LogP contribution in [0.15, 0.2) is 34.9 Å². The number of amides is 1. The first-order valence-corrected chi connectivity index (χ1v) is 11.1. The lowest BCUT2D eigenvalue weighted by Crippen LogP contribution is -2.50. The Labute approximate surface area is 196 Å². The molecule has 0 N–H and O–H groups in total. The van der Waals surface area contributed by atoms with Gasteiger partial charge >= 0.3 is 12.1 Å². The first-order chi connectivity index (χ1) is 15.1. The second-order valence-electron chi connectivity index (χ2n) is 8.39. The molecule has 0 unspecified atom stereocenters. The van der Waals surface area contributed by atoms with E-state index in [-0.39, 0.29) is 6.09 Å². The second-order valence-corrected chi connectivity index (χ2v) is 9.24. The number of piperazine rings is 1. The smallest absolute Gasteiger partial charge is 0.410 e. The van der Waals surface area contributed by atoms with Gasteiger partial charge in [-0.2, -0.15) is 0 Å². The van der Waals surface area contributed by atoms with Crippen molar-refractivity contribution in [3.63, 3.8) is 0 Å². The fraction of sp³-hybridized carbons (Fsp3) is 0.435. The van der Waals surface area contributed by atoms with E-state index in [1.165, 1.54) is 7.11 Å². The molecule has 1 saturated heterocycles. The van der Waals surface area contributed by atoms with Crippen molar-refractivity contribution in [1.29, 1.82) is 0 Å². The molecule has 0 atom stereocenters. The molecule has 1 aliphatic rings. The fourth-order valence-electron chi connectivity index (χ4n) is 3.45. The minimum absolute atomic E-state index is 0.298. The molecule has 0 radical (unpaired) electrons. The highest BCUT2D eigenvalue weighted by atomic mass is 79.9. The van der Waals surface area contributed by atoms with Crippen LogP contribution in [0, 0.1) is 0 Å². The number of anilines is 1. The van der Waals surface area contributed by atoms with Gasteiger partial charge < -0.3 is 24.0 Å². The minimum Gasteiger partial charge on any atom is -0.495 e. The van der Waals surface area contributed by atoms with Gasteiger partial charge in [0.1, 0.15) is 17.2 Å². The number of carbonyl (C=O) groups is 2. The van der Waals surface area contributed by atoms with Crippen LogP contribution in [0.4, 0.5) is 10.6 Å². The van der Waals surface area contributed by atoms with Crippen molar-refractivity contribution < 1.29 is 23.8 Å². The molecular weight excluding hydrogens is 478 g/mol. The van der Waals surface area contributed by atoms with Gasteiger partial charge in [0, 0.05) is 37.9 Å². The Balaban J connectivity index is 1.82. The normalized spacial score (nSPS) is 14.2. The van der Waals surface area contributed by atoms with Gasteiger partial charge in [0.15, 0.2) is 0 Å². The Morgan fingerprint density at radius 1 is 1.06 bits per heavy atom. The van der Waals surface area contributed by atoms with Crippen LogP contribution in [-0.2, 0) is 9.47 Å². The topological polar surface area (TPSA) is 81.2 Å². The van der Waals surface area contributed by atoms with E-state index in [4.69, 9.17) is 14.2 Å². The highest BCUT2D eigenvalue weighted by Gasteiger charge is 2.26. The summed E-state index contributed by atoms with van der Waals surface area (Å²) < 4.78 is 16.6. The van der Waals surface area contributed by atoms with Crippen LogP contribution in [-0.4, -0.2) is 67.9 Å². The number of hydrogen-bond acceptors (Lipinski definition) is 7.